The van der Waals surface area contributed by atoms with Gasteiger partial charge in [0.15, 0.2) is 23.0 Å². The first-order valence-electron chi connectivity index (χ1n) is 5.17. The summed E-state index contributed by atoms with van der Waals surface area (Å²) in [5.41, 5.74) is 6.31. The maximum atomic E-state index is 8.86. The molecule has 0 atom stereocenters. The molecule has 0 aliphatic carbocycles. The van der Waals surface area contributed by atoms with E-state index in [2.05, 4.69) is 33.8 Å². The van der Waals surface area contributed by atoms with Gasteiger partial charge in [-0.05, 0) is 16.2 Å². The van der Waals surface area contributed by atoms with Crippen LogP contribution in [-0.4, -0.2) is 19.9 Å². The molecule has 2 heterocycles. The Morgan fingerprint density at radius 3 is 2.82 bits per heavy atom. The Labute approximate surface area is 97.8 Å². The van der Waals surface area contributed by atoms with Gasteiger partial charge in [-0.3, -0.25) is 0 Å². The van der Waals surface area contributed by atoms with Crippen molar-refractivity contribution in [3.63, 3.8) is 0 Å². The van der Waals surface area contributed by atoms with Crippen molar-refractivity contribution in [1.29, 1.82) is 5.26 Å². The quantitative estimate of drug-likeness (QED) is 0.847. The second kappa shape index (κ2) is 4.25. The van der Waals surface area contributed by atoms with Gasteiger partial charge in [0, 0.05) is 12.7 Å². The van der Waals surface area contributed by atoms with E-state index in [0.29, 0.717) is 23.1 Å². The molecule has 2 N–H and O–H groups in total. The van der Waals surface area contributed by atoms with Crippen molar-refractivity contribution < 1.29 is 4.63 Å². The Kier molecular flexibility index (Phi) is 2.78. The lowest BCUT2D eigenvalue weighted by Crippen LogP contribution is -2.06. The standard InChI is InChI=1S/C10H12N6O/c1-6(2)4-16-5-7(3-11)13-10(16)8-9(12)15-17-14-8/h5-6H,4H2,1-2H3,(H2,12,15). The Morgan fingerprint density at radius 2 is 2.29 bits per heavy atom. The third-order valence-electron chi connectivity index (χ3n) is 2.18. The number of nitrogens with zero attached hydrogens (tertiary/aromatic N) is 5. The van der Waals surface area contributed by atoms with Crippen LogP contribution in [0.15, 0.2) is 10.8 Å². The van der Waals surface area contributed by atoms with Gasteiger partial charge < -0.3 is 10.3 Å². The summed E-state index contributed by atoms with van der Waals surface area (Å²) in [7, 11) is 0. The summed E-state index contributed by atoms with van der Waals surface area (Å²) in [4.78, 5) is 4.14. The van der Waals surface area contributed by atoms with Crippen molar-refractivity contribution in [2.24, 2.45) is 5.92 Å². The van der Waals surface area contributed by atoms with Crippen LogP contribution in [0.3, 0.4) is 0 Å². The minimum Gasteiger partial charge on any atom is -0.379 e. The van der Waals surface area contributed by atoms with Crippen molar-refractivity contribution in [2.75, 3.05) is 5.73 Å². The molecule has 0 fully saturated rings. The zero-order chi connectivity index (χ0) is 12.4. The third-order valence-corrected chi connectivity index (χ3v) is 2.18. The third kappa shape index (κ3) is 2.10. The molecule has 2 aromatic rings. The summed E-state index contributed by atoms with van der Waals surface area (Å²) in [5.74, 6) is 1.09. The maximum Gasteiger partial charge on any atom is 0.199 e. The van der Waals surface area contributed by atoms with Gasteiger partial charge in [-0.1, -0.05) is 13.8 Å². The number of anilines is 1. The molecule has 0 saturated carbocycles. The SMILES string of the molecule is CC(C)Cn1cc(C#N)nc1-c1nonc1N. The first-order chi connectivity index (χ1) is 8.11. The fourth-order valence-corrected chi connectivity index (χ4v) is 1.54. The summed E-state index contributed by atoms with van der Waals surface area (Å²) in [6.07, 6.45) is 1.67. The van der Waals surface area contributed by atoms with Crippen LogP contribution in [0, 0.1) is 17.2 Å². The zero-order valence-corrected chi connectivity index (χ0v) is 9.58. The molecule has 2 aromatic heterocycles. The van der Waals surface area contributed by atoms with E-state index in [1.54, 1.807) is 6.20 Å². The first kappa shape index (κ1) is 11.1. The van der Waals surface area contributed by atoms with Crippen molar-refractivity contribution in [2.45, 2.75) is 20.4 Å². The van der Waals surface area contributed by atoms with Gasteiger partial charge in [0.05, 0.1) is 0 Å². The van der Waals surface area contributed by atoms with Gasteiger partial charge in [0.1, 0.15) is 6.07 Å². The van der Waals surface area contributed by atoms with E-state index in [1.807, 2.05) is 10.6 Å². The van der Waals surface area contributed by atoms with Crippen LogP contribution in [-0.2, 0) is 6.54 Å². The second-order valence-electron chi connectivity index (χ2n) is 4.11. The van der Waals surface area contributed by atoms with Gasteiger partial charge in [-0.15, -0.1) is 0 Å². The number of hydrogen-bond acceptors (Lipinski definition) is 6. The molecular formula is C10H12N6O. The highest BCUT2D eigenvalue weighted by Crippen LogP contribution is 2.22. The molecule has 0 radical (unpaired) electrons. The summed E-state index contributed by atoms with van der Waals surface area (Å²) in [5, 5.41) is 16.1. The molecule has 0 spiro atoms. The van der Waals surface area contributed by atoms with Gasteiger partial charge in [-0.25, -0.2) is 9.61 Å². The van der Waals surface area contributed by atoms with E-state index in [0.717, 1.165) is 6.54 Å². The van der Waals surface area contributed by atoms with Crippen LogP contribution in [0.5, 0.6) is 0 Å². The molecule has 0 aliphatic rings. The van der Waals surface area contributed by atoms with Gasteiger partial charge >= 0.3 is 0 Å². The van der Waals surface area contributed by atoms with E-state index >= 15 is 0 Å². The lowest BCUT2D eigenvalue weighted by Gasteiger charge is -2.07. The van der Waals surface area contributed by atoms with E-state index in [1.165, 1.54) is 0 Å². The number of imidazole rings is 1. The number of nitrogen functional groups attached to an aromatic ring is 1. The number of nitriles is 1. The van der Waals surface area contributed by atoms with Crippen LogP contribution in [0.2, 0.25) is 0 Å². The smallest absolute Gasteiger partial charge is 0.199 e. The topological polar surface area (TPSA) is 107 Å². The Morgan fingerprint density at radius 1 is 1.53 bits per heavy atom. The predicted molar refractivity (Wildman–Crippen MR) is 59.5 cm³/mol. The fourth-order valence-electron chi connectivity index (χ4n) is 1.54. The molecule has 0 aliphatic heterocycles. The van der Waals surface area contributed by atoms with Crippen molar-refractivity contribution >= 4 is 5.82 Å². The van der Waals surface area contributed by atoms with E-state index in [-0.39, 0.29) is 5.82 Å². The normalized spacial score (nSPS) is 10.7. The summed E-state index contributed by atoms with van der Waals surface area (Å²) in [6, 6.07) is 1.99. The molecule has 0 bridgehead atoms. The van der Waals surface area contributed by atoms with Crippen LogP contribution >= 0.6 is 0 Å². The molecule has 88 valence electrons. The Bertz CT molecular complexity index is 562. The molecule has 0 saturated heterocycles. The van der Waals surface area contributed by atoms with Crippen LogP contribution in [0.1, 0.15) is 19.5 Å². The highest BCUT2D eigenvalue weighted by atomic mass is 16.6. The summed E-state index contributed by atoms with van der Waals surface area (Å²) in [6.45, 7) is 4.86. The molecule has 7 heteroatoms. The average molecular weight is 232 g/mol. The van der Waals surface area contributed by atoms with Crippen LogP contribution < -0.4 is 5.73 Å². The van der Waals surface area contributed by atoms with E-state index in [4.69, 9.17) is 11.0 Å². The zero-order valence-electron chi connectivity index (χ0n) is 9.58. The van der Waals surface area contributed by atoms with E-state index < -0.39 is 0 Å². The summed E-state index contributed by atoms with van der Waals surface area (Å²) >= 11 is 0. The van der Waals surface area contributed by atoms with Gasteiger partial charge in [0.25, 0.3) is 0 Å². The second-order valence-corrected chi connectivity index (χ2v) is 4.11. The van der Waals surface area contributed by atoms with E-state index in [9.17, 15) is 0 Å². The molecule has 17 heavy (non-hydrogen) atoms. The largest absolute Gasteiger partial charge is 0.379 e. The minimum atomic E-state index is 0.171. The molecule has 2 rings (SSSR count). The Hall–Kier alpha value is -2.36. The molecular weight excluding hydrogens is 220 g/mol. The minimum absolute atomic E-state index is 0.171. The van der Waals surface area contributed by atoms with Crippen LogP contribution in [0.4, 0.5) is 5.82 Å². The summed E-state index contributed by atoms with van der Waals surface area (Å²) < 4.78 is 6.37. The Balaban J connectivity index is 2.49. The lowest BCUT2D eigenvalue weighted by molar-refractivity contribution is 0.310. The monoisotopic (exact) mass is 232 g/mol. The lowest BCUT2D eigenvalue weighted by atomic mass is 10.2. The number of nitrogens with two attached hydrogens (primary N) is 1. The molecule has 7 nitrogen and oxygen atoms in total. The number of hydrogen-bond donors (Lipinski definition) is 1. The van der Waals surface area contributed by atoms with Crippen molar-refractivity contribution in [3.8, 4) is 17.6 Å². The first-order valence-corrected chi connectivity index (χ1v) is 5.17. The highest BCUT2D eigenvalue weighted by Gasteiger charge is 2.17. The number of aromatic nitrogens is 4. The maximum absolute atomic E-state index is 8.86. The van der Waals surface area contributed by atoms with Gasteiger partial charge in [0.2, 0.25) is 0 Å². The molecule has 0 unspecified atom stereocenters. The average Bonchev–Trinajstić information content (AvgIpc) is 2.83. The van der Waals surface area contributed by atoms with Crippen molar-refractivity contribution in [1.82, 2.24) is 19.9 Å². The molecule has 0 amide bonds. The van der Waals surface area contributed by atoms with Crippen LogP contribution in [0.25, 0.3) is 11.5 Å². The number of rotatable bonds is 3. The van der Waals surface area contributed by atoms with Gasteiger partial charge in [-0.2, -0.15) is 5.26 Å². The highest BCUT2D eigenvalue weighted by molar-refractivity contribution is 5.63. The predicted octanol–water partition coefficient (Wildman–Crippen LogP) is 1.04. The molecule has 0 aromatic carbocycles. The van der Waals surface area contributed by atoms with Crippen molar-refractivity contribution in [3.05, 3.63) is 11.9 Å². The fraction of sp³-hybridized carbons (Fsp3) is 0.400.